The molecule has 0 N–H and O–H groups in total. The number of alkyl halides is 3. The van der Waals surface area contributed by atoms with Gasteiger partial charge in [0, 0.05) is 38.2 Å². The summed E-state index contributed by atoms with van der Waals surface area (Å²) in [5, 5.41) is 3.80. The molecule has 9 heteroatoms. The maximum Gasteiger partial charge on any atom is 0.416 e. The summed E-state index contributed by atoms with van der Waals surface area (Å²) in [6.07, 6.45) is -4.70. The molecule has 406 valence electrons. The third kappa shape index (κ3) is 9.23. The Kier molecular flexibility index (Phi) is 12.6. The van der Waals surface area contributed by atoms with Gasteiger partial charge < -0.3 is 9.13 Å². The van der Waals surface area contributed by atoms with Gasteiger partial charge in [0.1, 0.15) is 0 Å². The number of aromatic nitrogens is 5. The molecule has 0 unspecified atom stereocenters. The van der Waals surface area contributed by atoms with Crippen molar-refractivity contribution in [1.82, 2.24) is 24.1 Å². The van der Waals surface area contributed by atoms with Crippen LogP contribution in [0, 0.1) is 6.57 Å². The van der Waals surface area contributed by atoms with E-state index in [2.05, 4.69) is 125 Å². The Bertz CT molecular complexity index is 4950. The molecule has 0 amide bonds. The van der Waals surface area contributed by atoms with Crippen LogP contribution in [0.2, 0.25) is 0 Å². The molecular formula is C77H47F3N6. The van der Waals surface area contributed by atoms with E-state index in [1.54, 1.807) is 6.07 Å². The van der Waals surface area contributed by atoms with Crippen LogP contribution in [0.5, 0.6) is 0 Å². The fourth-order valence-electron chi connectivity index (χ4n) is 12.1. The summed E-state index contributed by atoms with van der Waals surface area (Å²) in [6.45, 7) is 7.94. The first-order chi connectivity index (χ1) is 42.2. The molecule has 15 rings (SSSR count). The van der Waals surface area contributed by atoms with E-state index >= 15 is 13.2 Å². The molecule has 0 aliphatic carbocycles. The molecule has 3 aromatic heterocycles. The molecule has 0 aliphatic heterocycles. The summed E-state index contributed by atoms with van der Waals surface area (Å²) in [6, 6.07) is 93.4. The minimum absolute atomic E-state index is 0.169. The Morgan fingerprint density at radius 1 is 0.291 bits per heavy atom. The highest BCUT2D eigenvalue weighted by Crippen LogP contribution is 2.45. The lowest BCUT2D eigenvalue weighted by molar-refractivity contribution is -0.137. The summed E-state index contributed by atoms with van der Waals surface area (Å²) in [7, 11) is 0. The Morgan fingerprint density at radius 2 is 0.651 bits per heavy atom. The summed E-state index contributed by atoms with van der Waals surface area (Å²) in [5.74, 6) is 0.784. The van der Waals surface area contributed by atoms with Crippen molar-refractivity contribution < 1.29 is 13.2 Å². The maximum atomic E-state index is 15.4. The third-order valence-corrected chi connectivity index (χ3v) is 16.2. The molecule has 86 heavy (non-hydrogen) atoms. The van der Waals surface area contributed by atoms with E-state index in [0.29, 0.717) is 39.2 Å². The summed E-state index contributed by atoms with van der Waals surface area (Å²) < 4.78 is 50.4. The maximum absolute atomic E-state index is 15.4. The van der Waals surface area contributed by atoms with Gasteiger partial charge in [-0.2, -0.15) is 13.2 Å². The van der Waals surface area contributed by atoms with Crippen molar-refractivity contribution in [2.75, 3.05) is 0 Å². The van der Waals surface area contributed by atoms with Gasteiger partial charge >= 0.3 is 6.18 Å². The molecule has 0 bridgehead atoms. The first-order valence-corrected chi connectivity index (χ1v) is 28.3. The van der Waals surface area contributed by atoms with Crippen molar-refractivity contribution in [2.24, 2.45) is 0 Å². The van der Waals surface area contributed by atoms with Gasteiger partial charge in [0.15, 0.2) is 23.2 Å². The smallest absolute Gasteiger partial charge is 0.308 e. The van der Waals surface area contributed by atoms with E-state index in [4.69, 9.17) is 21.5 Å². The van der Waals surface area contributed by atoms with Crippen LogP contribution in [0.15, 0.2) is 285 Å². The zero-order valence-electron chi connectivity index (χ0n) is 46.0. The highest BCUT2D eigenvalue weighted by Gasteiger charge is 2.33. The number of nitrogens with zero attached hydrogens (tertiary/aromatic N) is 6. The fourth-order valence-corrected chi connectivity index (χ4v) is 12.1. The number of halogens is 3. The van der Waals surface area contributed by atoms with Crippen LogP contribution in [0.25, 0.3) is 150 Å². The van der Waals surface area contributed by atoms with Crippen LogP contribution in [0.1, 0.15) is 5.56 Å². The second-order valence-corrected chi connectivity index (χ2v) is 21.4. The van der Waals surface area contributed by atoms with Gasteiger partial charge in [-0.3, -0.25) is 0 Å². The normalized spacial score (nSPS) is 11.7. The fraction of sp³-hybridized carbons (Fsp3) is 0.0130. The van der Waals surface area contributed by atoms with Gasteiger partial charge in [0.25, 0.3) is 0 Å². The van der Waals surface area contributed by atoms with Gasteiger partial charge in [-0.25, -0.2) is 19.8 Å². The lowest BCUT2D eigenvalue weighted by Crippen LogP contribution is -2.09. The van der Waals surface area contributed by atoms with E-state index in [-0.39, 0.29) is 17.3 Å². The summed E-state index contributed by atoms with van der Waals surface area (Å²) in [4.78, 5) is 19.8. The topological polar surface area (TPSA) is 52.9 Å². The van der Waals surface area contributed by atoms with Crippen molar-refractivity contribution in [3.05, 3.63) is 302 Å². The van der Waals surface area contributed by atoms with E-state index in [0.717, 1.165) is 100.0 Å². The van der Waals surface area contributed by atoms with Crippen LogP contribution in [-0.4, -0.2) is 24.1 Å². The summed E-state index contributed by atoms with van der Waals surface area (Å²) in [5.41, 5.74) is 15.5. The third-order valence-electron chi connectivity index (χ3n) is 16.2. The average molecular weight is 1110 g/mol. The molecule has 0 atom stereocenters. The predicted molar refractivity (Wildman–Crippen MR) is 343 cm³/mol. The molecule has 12 aromatic carbocycles. The largest absolute Gasteiger partial charge is 0.416 e. The molecule has 6 nitrogen and oxygen atoms in total. The molecule has 0 saturated heterocycles. The summed E-state index contributed by atoms with van der Waals surface area (Å²) >= 11 is 0. The Labute approximate surface area is 493 Å². The number of rotatable bonds is 10. The van der Waals surface area contributed by atoms with Crippen molar-refractivity contribution in [3.63, 3.8) is 0 Å². The first-order valence-electron chi connectivity index (χ1n) is 28.3. The number of benzene rings is 12. The minimum Gasteiger partial charge on any atom is -0.308 e. The minimum atomic E-state index is -4.70. The second kappa shape index (κ2) is 21.1. The van der Waals surface area contributed by atoms with E-state index in [9.17, 15) is 0 Å². The highest BCUT2D eigenvalue weighted by atomic mass is 19.4. The zero-order chi connectivity index (χ0) is 57.9. The molecule has 15 aromatic rings. The monoisotopic (exact) mass is 1110 g/mol. The van der Waals surface area contributed by atoms with E-state index in [1.165, 1.54) is 12.1 Å². The quantitative estimate of drug-likeness (QED) is 0.128. The van der Waals surface area contributed by atoms with Gasteiger partial charge in [-0.05, 0) is 141 Å². The average Bonchev–Trinajstić information content (AvgIpc) is 1.82. The Hall–Kier alpha value is -11.5. The molecule has 0 aliphatic rings. The molecule has 0 radical (unpaired) electrons. The van der Waals surface area contributed by atoms with Crippen LogP contribution in [-0.2, 0) is 6.18 Å². The van der Waals surface area contributed by atoms with Crippen molar-refractivity contribution >= 4 is 49.3 Å². The molecular weight excluding hydrogens is 1070 g/mol. The van der Waals surface area contributed by atoms with Gasteiger partial charge in [-0.1, -0.05) is 200 Å². The highest BCUT2D eigenvalue weighted by molar-refractivity contribution is 6.13. The van der Waals surface area contributed by atoms with E-state index < -0.39 is 11.7 Å². The van der Waals surface area contributed by atoms with Crippen LogP contribution in [0.3, 0.4) is 0 Å². The number of hydrogen-bond acceptors (Lipinski definition) is 3. The van der Waals surface area contributed by atoms with Crippen LogP contribution >= 0.6 is 0 Å². The molecule has 3 heterocycles. The zero-order valence-corrected chi connectivity index (χ0v) is 46.0. The number of fused-ring (bicyclic) bond motifs is 6. The molecule has 0 saturated carbocycles. The van der Waals surface area contributed by atoms with Gasteiger partial charge in [0.05, 0.1) is 45.6 Å². The SMILES string of the molecule is [C-]#[N+]c1cccc(-c2ccc(-n3c4ccc(-c5ccccc5)cc4c4cc(-c5ccccc5)ccc43)c(-c3nc(-c4ccccc4)nc(-c4ccc(C(F)(F)F)cc4-n4c5ccc(-c6ccccc6)cc5c5cc(-c6ccccc6)ccc54)n3)c2)c1. The molecule has 0 spiro atoms. The lowest BCUT2D eigenvalue weighted by Gasteiger charge is -2.19. The standard InChI is InChI=1S/C77H47F3N6/c1-81-61-29-17-28-54(42-61)59-34-41-72(85-68-37-30-55(49-18-7-2-8-19-49)43-63(68)64-44-56(31-38-69(64)85)50-20-9-3-10-21-50)67(47-59)76-83-74(53-26-15-6-16-27-53)82-75(84-76)62-36-35-60(77(78,79)80)48-73(62)86-70-39-32-57(51-22-11-4-12-23-51)45-65(70)66-46-58(33-40-71(66)86)52-24-13-5-14-25-52/h2-48H. The Balaban J connectivity index is 1.01. The molecule has 0 fully saturated rings. The lowest BCUT2D eigenvalue weighted by atomic mass is 10.00. The Morgan fingerprint density at radius 3 is 1.08 bits per heavy atom. The first kappa shape index (κ1) is 51.4. The predicted octanol–water partition coefficient (Wildman–Crippen LogP) is 21.0. The van der Waals surface area contributed by atoms with Crippen molar-refractivity contribution in [3.8, 4) is 101 Å². The van der Waals surface area contributed by atoms with Gasteiger partial charge in [-0.15, -0.1) is 0 Å². The second-order valence-electron chi connectivity index (χ2n) is 21.4. The van der Waals surface area contributed by atoms with E-state index in [1.807, 2.05) is 150 Å². The van der Waals surface area contributed by atoms with Gasteiger partial charge in [0.2, 0.25) is 0 Å². The van der Waals surface area contributed by atoms with Crippen molar-refractivity contribution in [2.45, 2.75) is 6.18 Å². The number of hydrogen-bond donors (Lipinski definition) is 0. The van der Waals surface area contributed by atoms with Crippen LogP contribution in [0.4, 0.5) is 18.9 Å². The van der Waals surface area contributed by atoms with Crippen LogP contribution < -0.4 is 0 Å². The van der Waals surface area contributed by atoms with Crippen molar-refractivity contribution in [1.29, 1.82) is 0 Å².